The standard InChI is InChI=1S/C21H25FN4O4S/c1-13(8-9-31(3,28)29)25-21(27)17-12-24-19(14-4-5-14)26-20(17)23-11-15-10-16(22)6-7-18(15)30-2/h6-10,12-14H,4-5,11H2,1-3H3,(H,25,27)(H,23,24,26)/b9-8+/t13-/m0/s1. The zero-order valence-corrected chi connectivity index (χ0v) is 18.4. The van der Waals surface area contributed by atoms with Gasteiger partial charge in [0.05, 0.1) is 7.11 Å². The number of methoxy groups -OCH3 is 1. The van der Waals surface area contributed by atoms with Crippen LogP contribution in [-0.2, 0) is 16.4 Å². The first-order valence-electron chi connectivity index (χ1n) is 9.78. The van der Waals surface area contributed by atoms with Crippen LogP contribution in [0.3, 0.4) is 0 Å². The van der Waals surface area contributed by atoms with Crippen LogP contribution in [-0.4, -0.2) is 43.7 Å². The highest BCUT2D eigenvalue weighted by Crippen LogP contribution is 2.38. The van der Waals surface area contributed by atoms with Crippen LogP contribution in [0.4, 0.5) is 10.2 Å². The lowest BCUT2D eigenvalue weighted by Crippen LogP contribution is -2.32. The Bertz CT molecular complexity index is 1100. The number of aromatic nitrogens is 2. The number of benzene rings is 1. The van der Waals surface area contributed by atoms with Gasteiger partial charge in [-0.25, -0.2) is 22.8 Å². The number of hydrogen-bond donors (Lipinski definition) is 2. The molecule has 1 heterocycles. The Labute approximate surface area is 180 Å². The van der Waals surface area contributed by atoms with Crippen LogP contribution in [0.25, 0.3) is 0 Å². The fourth-order valence-electron chi connectivity index (χ4n) is 2.89. The summed E-state index contributed by atoms with van der Waals surface area (Å²) in [6.07, 6.45) is 5.91. The lowest BCUT2D eigenvalue weighted by Gasteiger charge is -2.15. The number of halogens is 1. The summed E-state index contributed by atoms with van der Waals surface area (Å²) >= 11 is 0. The summed E-state index contributed by atoms with van der Waals surface area (Å²) in [4.78, 5) is 21.6. The number of ether oxygens (including phenoxy) is 1. The molecule has 0 spiro atoms. The number of hydrogen-bond acceptors (Lipinski definition) is 7. The van der Waals surface area contributed by atoms with Gasteiger partial charge in [-0.1, -0.05) is 6.08 Å². The number of anilines is 1. The molecule has 2 aromatic rings. The highest BCUT2D eigenvalue weighted by Gasteiger charge is 2.28. The summed E-state index contributed by atoms with van der Waals surface area (Å²) < 4.78 is 41.5. The first kappa shape index (κ1) is 22.7. The van der Waals surface area contributed by atoms with Gasteiger partial charge >= 0.3 is 0 Å². The van der Waals surface area contributed by atoms with Crippen molar-refractivity contribution < 1.29 is 22.3 Å². The van der Waals surface area contributed by atoms with Gasteiger partial charge in [0.25, 0.3) is 5.91 Å². The zero-order chi connectivity index (χ0) is 22.6. The molecule has 0 unspecified atom stereocenters. The molecule has 166 valence electrons. The van der Waals surface area contributed by atoms with Gasteiger partial charge in [-0.3, -0.25) is 4.79 Å². The van der Waals surface area contributed by atoms with Gasteiger partial charge in [0, 0.05) is 41.9 Å². The predicted octanol–water partition coefficient (Wildman–Crippen LogP) is 2.79. The van der Waals surface area contributed by atoms with Gasteiger partial charge in [0.1, 0.15) is 28.8 Å². The molecule has 1 aliphatic rings. The topological polar surface area (TPSA) is 110 Å². The zero-order valence-electron chi connectivity index (χ0n) is 17.6. The Hall–Kier alpha value is -3.01. The number of carbonyl (C=O) groups excluding carboxylic acids is 1. The summed E-state index contributed by atoms with van der Waals surface area (Å²) in [5.74, 6) is 0.897. The molecule has 2 N–H and O–H groups in total. The lowest BCUT2D eigenvalue weighted by atomic mass is 10.2. The Morgan fingerprint density at radius 3 is 2.77 bits per heavy atom. The maximum Gasteiger partial charge on any atom is 0.257 e. The van der Waals surface area contributed by atoms with E-state index < -0.39 is 27.6 Å². The molecule has 3 rings (SSSR count). The Kier molecular flexibility index (Phi) is 6.89. The Balaban J connectivity index is 1.81. The predicted molar refractivity (Wildman–Crippen MR) is 115 cm³/mol. The summed E-state index contributed by atoms with van der Waals surface area (Å²) in [5.41, 5.74) is 0.782. The van der Waals surface area contributed by atoms with E-state index in [2.05, 4.69) is 20.6 Å². The van der Waals surface area contributed by atoms with Crippen LogP contribution in [0.1, 0.15) is 47.4 Å². The van der Waals surface area contributed by atoms with E-state index in [9.17, 15) is 17.6 Å². The summed E-state index contributed by atoms with van der Waals surface area (Å²) in [5, 5.41) is 6.84. The van der Waals surface area contributed by atoms with E-state index in [1.165, 1.54) is 37.6 Å². The Morgan fingerprint density at radius 1 is 1.39 bits per heavy atom. The van der Waals surface area contributed by atoms with Crippen molar-refractivity contribution in [2.45, 2.75) is 38.3 Å². The first-order valence-corrected chi connectivity index (χ1v) is 11.7. The van der Waals surface area contributed by atoms with E-state index >= 15 is 0 Å². The van der Waals surface area contributed by atoms with Gasteiger partial charge in [-0.05, 0) is 38.0 Å². The van der Waals surface area contributed by atoms with Crippen LogP contribution < -0.4 is 15.4 Å². The second-order valence-corrected chi connectivity index (χ2v) is 9.43. The SMILES string of the molecule is COc1ccc(F)cc1CNc1nc(C2CC2)ncc1C(=O)N[C@@H](C)/C=C/S(C)(=O)=O. The molecule has 0 aliphatic heterocycles. The van der Waals surface area contributed by atoms with Crippen molar-refractivity contribution >= 4 is 21.6 Å². The number of nitrogens with one attached hydrogen (secondary N) is 2. The van der Waals surface area contributed by atoms with E-state index in [1.54, 1.807) is 6.92 Å². The lowest BCUT2D eigenvalue weighted by molar-refractivity contribution is 0.0947. The van der Waals surface area contributed by atoms with E-state index in [1.807, 2.05) is 0 Å². The third-order valence-electron chi connectivity index (χ3n) is 4.66. The molecule has 1 fully saturated rings. The summed E-state index contributed by atoms with van der Waals surface area (Å²) in [7, 11) is -1.80. The van der Waals surface area contributed by atoms with Crippen LogP contribution in [0.2, 0.25) is 0 Å². The van der Waals surface area contributed by atoms with E-state index in [-0.39, 0.29) is 18.0 Å². The van der Waals surface area contributed by atoms with Crippen molar-refractivity contribution in [2.24, 2.45) is 0 Å². The number of amides is 1. The molecule has 31 heavy (non-hydrogen) atoms. The molecular formula is C21H25FN4O4S. The van der Waals surface area contributed by atoms with Crippen molar-refractivity contribution in [1.82, 2.24) is 15.3 Å². The number of nitrogens with zero attached hydrogens (tertiary/aromatic N) is 2. The van der Waals surface area contributed by atoms with Gasteiger partial charge < -0.3 is 15.4 Å². The van der Waals surface area contributed by atoms with Crippen molar-refractivity contribution in [3.63, 3.8) is 0 Å². The van der Waals surface area contributed by atoms with Crippen molar-refractivity contribution in [3.05, 3.63) is 58.6 Å². The maximum atomic E-state index is 13.7. The molecule has 0 bridgehead atoms. The average molecular weight is 449 g/mol. The second-order valence-electron chi connectivity index (χ2n) is 7.49. The van der Waals surface area contributed by atoms with Gasteiger partial charge in [-0.15, -0.1) is 0 Å². The van der Waals surface area contributed by atoms with Gasteiger partial charge in [0.2, 0.25) is 0 Å². The molecule has 0 radical (unpaired) electrons. The number of sulfone groups is 1. The van der Waals surface area contributed by atoms with Crippen LogP contribution in [0, 0.1) is 5.82 Å². The minimum absolute atomic E-state index is 0.186. The molecule has 10 heteroatoms. The smallest absolute Gasteiger partial charge is 0.257 e. The number of carbonyl (C=O) groups is 1. The second kappa shape index (κ2) is 9.42. The monoisotopic (exact) mass is 448 g/mol. The molecular weight excluding hydrogens is 423 g/mol. The molecule has 8 nitrogen and oxygen atoms in total. The fourth-order valence-corrected chi connectivity index (χ4v) is 3.41. The molecule has 1 atom stereocenters. The third kappa shape index (κ3) is 6.48. The average Bonchev–Trinajstić information content (AvgIpc) is 3.55. The number of rotatable bonds is 9. The van der Waals surface area contributed by atoms with Crippen LogP contribution in [0.15, 0.2) is 35.9 Å². The molecule has 1 aliphatic carbocycles. The van der Waals surface area contributed by atoms with Crippen molar-refractivity contribution in [2.75, 3.05) is 18.7 Å². The summed E-state index contributed by atoms with van der Waals surface area (Å²) in [6.45, 7) is 1.84. The minimum atomic E-state index is -3.30. The highest BCUT2D eigenvalue weighted by molar-refractivity contribution is 7.93. The van der Waals surface area contributed by atoms with Crippen molar-refractivity contribution in [1.29, 1.82) is 0 Å². The molecule has 1 saturated carbocycles. The molecule has 1 aromatic carbocycles. The summed E-state index contributed by atoms with van der Waals surface area (Å²) in [6, 6.07) is 3.67. The molecule has 0 saturated heterocycles. The molecule has 1 amide bonds. The normalized spacial score (nSPS) is 15.0. The van der Waals surface area contributed by atoms with E-state index in [0.717, 1.165) is 24.5 Å². The third-order valence-corrected chi connectivity index (χ3v) is 5.31. The van der Waals surface area contributed by atoms with Gasteiger partial charge in [-0.2, -0.15) is 0 Å². The van der Waals surface area contributed by atoms with Gasteiger partial charge in [0.15, 0.2) is 9.84 Å². The highest BCUT2D eigenvalue weighted by atomic mass is 32.2. The molecule has 1 aromatic heterocycles. The Morgan fingerprint density at radius 2 is 2.13 bits per heavy atom. The minimum Gasteiger partial charge on any atom is -0.496 e. The van der Waals surface area contributed by atoms with Crippen LogP contribution >= 0.6 is 0 Å². The van der Waals surface area contributed by atoms with Crippen molar-refractivity contribution in [3.8, 4) is 5.75 Å². The largest absolute Gasteiger partial charge is 0.496 e. The fraction of sp³-hybridized carbons (Fsp3) is 0.381. The quantitative estimate of drug-likeness (QED) is 0.607. The first-order chi connectivity index (χ1) is 14.7. The van der Waals surface area contributed by atoms with E-state index in [0.29, 0.717) is 23.0 Å². The van der Waals surface area contributed by atoms with E-state index in [4.69, 9.17) is 4.74 Å². The maximum absolute atomic E-state index is 13.7. The van der Waals surface area contributed by atoms with Crippen LogP contribution in [0.5, 0.6) is 5.75 Å².